The Morgan fingerprint density at radius 2 is 1.11 bits per heavy atom. The molecule has 0 fully saturated rings. The third-order valence-corrected chi connectivity index (χ3v) is 5.29. The van der Waals surface area contributed by atoms with Crippen molar-refractivity contribution in [2.75, 3.05) is 51.6 Å². The molecule has 186 valence electrons. The summed E-state index contributed by atoms with van der Waals surface area (Å²) >= 11 is 1.49. The van der Waals surface area contributed by atoms with E-state index in [-0.39, 0.29) is 88.7 Å². The van der Waals surface area contributed by atoms with E-state index in [9.17, 15) is 13.7 Å². The van der Waals surface area contributed by atoms with E-state index in [1.165, 1.54) is 0 Å². The number of nitrogens with zero attached hydrogens (tertiary/aromatic N) is 4. The minimum absolute atomic E-state index is 0. The molecule has 3 rings (SSSR count). The van der Waals surface area contributed by atoms with E-state index >= 15 is 0 Å². The first kappa shape index (κ1) is 38.2. The molecule has 0 aliphatic carbocycles. The summed E-state index contributed by atoms with van der Waals surface area (Å²) in [6.45, 7) is 1.00. The molecule has 4 N–H and O–H groups in total. The van der Waals surface area contributed by atoms with Crippen LogP contribution in [0.1, 0.15) is 0 Å². The Labute approximate surface area is 301 Å². The summed E-state index contributed by atoms with van der Waals surface area (Å²) < 4.78 is 31.7. The molecular weight excluding hydrogens is 577 g/mol. The van der Waals surface area contributed by atoms with Gasteiger partial charge in [0, 0.05) is 42.1 Å². The first-order valence-electron chi connectivity index (χ1n) is 10.4. The van der Waals surface area contributed by atoms with Crippen LogP contribution < -0.4 is 110 Å². The van der Waals surface area contributed by atoms with E-state index in [0.29, 0.717) is 84.3 Å². The summed E-state index contributed by atoms with van der Waals surface area (Å²) in [5, 5.41) is 12.5. The van der Waals surface area contributed by atoms with Crippen molar-refractivity contribution < 1.29 is 102 Å². The molecule has 3 aromatic rings. The van der Waals surface area contributed by atoms with Crippen LogP contribution in [0.3, 0.4) is 0 Å². The molecule has 0 aliphatic rings. The fourth-order valence-corrected chi connectivity index (χ4v) is 3.25. The molecule has 0 radical (unpaired) electrons. The van der Waals surface area contributed by atoms with Crippen LogP contribution >= 0.6 is 36.1 Å². The van der Waals surface area contributed by atoms with Crippen LogP contribution in [0.5, 0.6) is 0 Å². The van der Waals surface area contributed by atoms with Crippen LogP contribution in [0.15, 0.2) is 53.5 Å². The Morgan fingerprint density at radius 3 is 1.63 bits per heavy atom. The molecule has 1 heterocycles. The van der Waals surface area contributed by atoms with Crippen LogP contribution in [0.25, 0.3) is 0 Å². The largest absolute Gasteiger partial charge is 1.00 e. The normalized spacial score (nSPS) is 10.1. The van der Waals surface area contributed by atoms with Gasteiger partial charge < -0.3 is 34.9 Å². The number of rotatable bonds is 15. The zero-order valence-electron chi connectivity index (χ0n) is 21.5. The van der Waals surface area contributed by atoms with Crippen molar-refractivity contribution in [3.63, 3.8) is 0 Å². The maximum Gasteiger partial charge on any atom is 1.00 e. The average Bonchev–Trinajstić information content (AvgIpc) is 2.87. The van der Waals surface area contributed by atoms with Crippen molar-refractivity contribution in [1.82, 2.24) is 15.0 Å². The van der Waals surface area contributed by atoms with E-state index in [2.05, 4.69) is 41.2 Å². The van der Waals surface area contributed by atoms with Gasteiger partial charge in [0.1, 0.15) is 0 Å². The summed E-state index contributed by atoms with van der Waals surface area (Å²) in [6, 6.07) is 14.8. The molecule has 0 unspecified atom stereocenters. The molecule has 1 aromatic heterocycles. The SMILES string of the molecule is [Na+].[Na+].[Na+].[O-]SCC=Nc1ccc(Nc2nc(NCCS[O-])nc(Nc3ccc(NCCS[O-])cc3)n2)cc1. The molecule has 0 aliphatic heterocycles. The Kier molecular flexibility index (Phi) is 23.0. The molecular formula is C21H23N8Na3O3S3. The van der Waals surface area contributed by atoms with Gasteiger partial charge in [0.15, 0.2) is 0 Å². The van der Waals surface area contributed by atoms with Crippen molar-refractivity contribution in [1.29, 1.82) is 0 Å². The Balaban J connectivity index is 0.00000456. The summed E-state index contributed by atoms with van der Waals surface area (Å²) in [5.74, 6) is 2.11. The number of hydrogen-bond acceptors (Lipinski definition) is 14. The molecule has 0 bridgehead atoms. The summed E-state index contributed by atoms with van der Waals surface area (Å²) in [5.41, 5.74) is 3.14. The van der Waals surface area contributed by atoms with Gasteiger partial charge in [0.25, 0.3) is 0 Å². The van der Waals surface area contributed by atoms with Gasteiger partial charge >= 0.3 is 88.7 Å². The van der Waals surface area contributed by atoms with Crippen LogP contribution in [0, 0.1) is 0 Å². The van der Waals surface area contributed by atoms with Crippen molar-refractivity contribution in [3.05, 3.63) is 48.5 Å². The number of nitrogens with one attached hydrogen (secondary N) is 4. The maximum atomic E-state index is 10.7. The number of hydrogen-bond donors (Lipinski definition) is 4. The number of benzene rings is 2. The van der Waals surface area contributed by atoms with Gasteiger partial charge in [-0.1, -0.05) is 0 Å². The first-order valence-corrected chi connectivity index (χ1v) is 13.2. The van der Waals surface area contributed by atoms with Crippen LogP contribution in [-0.4, -0.2) is 65.2 Å². The van der Waals surface area contributed by atoms with Crippen molar-refractivity contribution in [3.8, 4) is 0 Å². The molecule has 11 nitrogen and oxygen atoms in total. The second kappa shape index (κ2) is 22.9. The van der Waals surface area contributed by atoms with E-state index in [1.54, 1.807) is 6.21 Å². The fraction of sp³-hybridized carbons (Fsp3) is 0.238. The minimum Gasteiger partial charge on any atom is -0.799 e. The molecule has 0 saturated carbocycles. The third-order valence-electron chi connectivity index (χ3n) is 4.27. The topological polar surface area (TPSA) is 168 Å². The first-order chi connectivity index (χ1) is 17.2. The Morgan fingerprint density at radius 1 is 0.632 bits per heavy atom. The van der Waals surface area contributed by atoms with Crippen molar-refractivity contribution >= 4 is 82.9 Å². The van der Waals surface area contributed by atoms with Gasteiger partial charge in [-0.3, -0.25) is 41.1 Å². The number of aromatic nitrogens is 3. The van der Waals surface area contributed by atoms with Crippen LogP contribution in [0.2, 0.25) is 0 Å². The van der Waals surface area contributed by atoms with Crippen LogP contribution in [0.4, 0.5) is 40.6 Å². The van der Waals surface area contributed by atoms with Gasteiger partial charge in [-0.05, 0) is 60.0 Å². The number of anilines is 6. The second-order valence-corrected chi connectivity index (χ2v) is 8.63. The van der Waals surface area contributed by atoms with Gasteiger partial charge in [-0.25, -0.2) is 0 Å². The predicted molar refractivity (Wildman–Crippen MR) is 144 cm³/mol. The molecule has 38 heavy (non-hydrogen) atoms. The quantitative estimate of drug-likeness (QED) is 0.0571. The van der Waals surface area contributed by atoms with E-state index < -0.39 is 0 Å². The monoisotopic (exact) mass is 600 g/mol. The molecule has 17 heteroatoms. The summed E-state index contributed by atoms with van der Waals surface area (Å²) in [7, 11) is 0. The standard InChI is InChI=1S/C21H26N8O3S3.3Na/c30-33-12-9-22-15-1-5-17(6-2-15)25-20-27-19(24-11-14-35-32)28-21(29-20)26-18-7-3-16(4-8-18)23-10-13-34-31;;;/h1-9,23,30-32H,10-14H2,(H3,24,25,26,27,28,29);;;/q;3*+1/p-3. The molecule has 0 saturated heterocycles. The molecule has 2 aromatic carbocycles. The van der Waals surface area contributed by atoms with Crippen molar-refractivity contribution in [2.24, 2.45) is 4.99 Å². The van der Waals surface area contributed by atoms with E-state index in [4.69, 9.17) is 0 Å². The zero-order chi connectivity index (χ0) is 24.7. The third kappa shape index (κ3) is 14.8. The summed E-state index contributed by atoms with van der Waals surface area (Å²) in [4.78, 5) is 17.4. The predicted octanol–water partition coefficient (Wildman–Crippen LogP) is -4.51. The number of aliphatic imine (C=N–C) groups is 1. The minimum atomic E-state index is 0. The molecule has 0 amide bonds. The molecule has 0 spiro atoms. The molecule has 0 atom stereocenters. The maximum absolute atomic E-state index is 10.7. The summed E-state index contributed by atoms with van der Waals surface area (Å²) in [6.07, 6.45) is 1.57. The van der Waals surface area contributed by atoms with Crippen molar-refractivity contribution in [2.45, 2.75) is 0 Å². The van der Waals surface area contributed by atoms with Crippen LogP contribution in [-0.2, 0) is 0 Å². The van der Waals surface area contributed by atoms with Gasteiger partial charge in [-0.15, -0.1) is 0 Å². The average molecular weight is 601 g/mol. The van der Waals surface area contributed by atoms with E-state index in [0.717, 1.165) is 22.7 Å². The van der Waals surface area contributed by atoms with Gasteiger partial charge in [-0.2, -0.15) is 15.0 Å². The second-order valence-electron chi connectivity index (χ2n) is 6.77. The van der Waals surface area contributed by atoms with E-state index in [1.807, 2.05) is 48.5 Å². The Hall–Kier alpha value is 0.250. The van der Waals surface area contributed by atoms with Gasteiger partial charge in [0.2, 0.25) is 17.8 Å². The Bertz CT molecular complexity index is 1070. The van der Waals surface area contributed by atoms with Gasteiger partial charge in [0.05, 0.1) is 5.69 Å². The zero-order valence-corrected chi connectivity index (χ0v) is 29.9. The smallest absolute Gasteiger partial charge is 0.799 e. The fourth-order valence-electron chi connectivity index (χ4n) is 2.74.